The monoisotopic (exact) mass is 324 g/mol. The van der Waals surface area contributed by atoms with E-state index < -0.39 is 17.4 Å². The molecule has 1 aromatic rings. The Balaban J connectivity index is 2.30. The number of ether oxygens (including phenoxy) is 2. The molecule has 1 aliphatic carbocycles. The van der Waals surface area contributed by atoms with Crippen LogP contribution in [-0.2, 0) is 19.1 Å². The molecule has 0 radical (unpaired) electrons. The van der Waals surface area contributed by atoms with E-state index >= 15 is 0 Å². The van der Waals surface area contributed by atoms with Gasteiger partial charge in [0.2, 0.25) is 0 Å². The van der Waals surface area contributed by atoms with E-state index in [1.165, 1.54) is 14.2 Å². The summed E-state index contributed by atoms with van der Waals surface area (Å²) in [5.41, 5.74) is 0.401. The number of rotatable bonds is 3. The summed E-state index contributed by atoms with van der Waals surface area (Å²) < 4.78 is 10.4. The van der Waals surface area contributed by atoms with Gasteiger partial charge in [0.25, 0.3) is 0 Å². The number of esters is 2. The molecule has 2 rings (SSSR count). The first-order valence-corrected chi connectivity index (χ1v) is 6.47. The number of hydrogen-bond donors (Lipinski definition) is 0. The predicted molar refractivity (Wildman–Crippen MR) is 73.2 cm³/mol. The Hall–Kier alpha value is -1.62. The summed E-state index contributed by atoms with van der Waals surface area (Å²) in [6, 6.07) is 7.59. The van der Waals surface area contributed by atoms with Gasteiger partial charge in [-0.1, -0.05) is 34.1 Å². The van der Waals surface area contributed by atoms with Crippen molar-refractivity contribution in [3.63, 3.8) is 0 Å². The number of halogens is 1. The average molecular weight is 325 g/mol. The second-order valence-electron chi connectivity index (χ2n) is 4.29. The van der Waals surface area contributed by atoms with Gasteiger partial charge in [-0.2, -0.15) is 0 Å². The normalized spacial score (nSPS) is 17.9. The number of carbonyl (C=O) groups excluding carboxylic acids is 2. The molecule has 0 unspecified atom stereocenters. The molecular weight excluding hydrogens is 312 g/mol. The molecule has 1 aliphatic rings. The molecular formula is C14H13BrO4. The van der Waals surface area contributed by atoms with E-state index in [1.54, 1.807) is 0 Å². The van der Waals surface area contributed by atoms with Crippen molar-refractivity contribution in [3.05, 3.63) is 39.9 Å². The summed E-state index contributed by atoms with van der Waals surface area (Å²) in [5, 5.41) is 0. The number of hydrogen-bond acceptors (Lipinski definition) is 4. The van der Waals surface area contributed by atoms with Crippen LogP contribution in [0.1, 0.15) is 12.0 Å². The number of methoxy groups -OCH3 is 2. The van der Waals surface area contributed by atoms with E-state index in [9.17, 15) is 9.59 Å². The maximum Gasteiger partial charge on any atom is 0.327 e. The quantitative estimate of drug-likeness (QED) is 0.633. The van der Waals surface area contributed by atoms with Gasteiger partial charge in [0.1, 0.15) is 0 Å². The number of benzene rings is 1. The molecule has 0 heterocycles. The van der Waals surface area contributed by atoms with Crippen LogP contribution in [0.5, 0.6) is 0 Å². The highest BCUT2D eigenvalue weighted by atomic mass is 79.9. The molecule has 0 amide bonds. The molecule has 0 bridgehead atoms. The highest BCUT2D eigenvalue weighted by Crippen LogP contribution is 2.54. The Morgan fingerprint density at radius 3 is 2.16 bits per heavy atom. The minimum atomic E-state index is -1.24. The van der Waals surface area contributed by atoms with Crippen LogP contribution in [0.4, 0.5) is 0 Å². The zero-order valence-electron chi connectivity index (χ0n) is 10.6. The van der Waals surface area contributed by atoms with Crippen LogP contribution in [0.25, 0.3) is 6.08 Å². The maximum atomic E-state index is 11.8. The third-order valence-corrected chi connectivity index (χ3v) is 3.69. The zero-order chi connectivity index (χ0) is 14.0. The van der Waals surface area contributed by atoms with E-state index in [0.717, 1.165) is 10.0 Å². The van der Waals surface area contributed by atoms with Gasteiger partial charge in [-0.25, -0.2) is 0 Å². The van der Waals surface area contributed by atoms with Gasteiger partial charge >= 0.3 is 11.9 Å². The molecule has 5 heteroatoms. The fourth-order valence-electron chi connectivity index (χ4n) is 2.01. The fraction of sp³-hybridized carbons (Fsp3) is 0.286. The van der Waals surface area contributed by atoms with Gasteiger partial charge < -0.3 is 9.47 Å². The summed E-state index contributed by atoms with van der Waals surface area (Å²) in [4.78, 5) is 23.6. The Labute approximate surface area is 119 Å². The molecule has 100 valence electrons. The Kier molecular flexibility index (Phi) is 3.75. The van der Waals surface area contributed by atoms with Crippen LogP contribution in [0.3, 0.4) is 0 Å². The molecule has 0 aliphatic heterocycles. The van der Waals surface area contributed by atoms with Gasteiger partial charge in [0.05, 0.1) is 14.2 Å². The topological polar surface area (TPSA) is 52.6 Å². The van der Waals surface area contributed by atoms with Crippen LogP contribution in [0, 0.1) is 5.41 Å². The number of carbonyl (C=O) groups is 2. The second-order valence-corrected chi connectivity index (χ2v) is 5.20. The van der Waals surface area contributed by atoms with E-state index in [1.807, 2.05) is 30.3 Å². The minimum Gasteiger partial charge on any atom is -0.468 e. The Morgan fingerprint density at radius 2 is 1.68 bits per heavy atom. The minimum absolute atomic E-state index is 0.350. The largest absolute Gasteiger partial charge is 0.468 e. The smallest absolute Gasteiger partial charge is 0.327 e. The molecule has 19 heavy (non-hydrogen) atoms. The summed E-state index contributed by atoms with van der Waals surface area (Å²) in [5.74, 6) is -1.13. The van der Waals surface area contributed by atoms with E-state index in [-0.39, 0.29) is 0 Å². The van der Waals surface area contributed by atoms with E-state index in [2.05, 4.69) is 15.9 Å². The van der Waals surface area contributed by atoms with Gasteiger partial charge in [-0.3, -0.25) is 9.59 Å². The van der Waals surface area contributed by atoms with Crippen LogP contribution >= 0.6 is 15.9 Å². The maximum absolute atomic E-state index is 11.8. The lowest BCUT2D eigenvalue weighted by molar-refractivity contribution is -0.160. The van der Waals surface area contributed by atoms with Gasteiger partial charge in [0.15, 0.2) is 5.41 Å². The molecule has 0 aromatic heterocycles. The fourth-order valence-corrected chi connectivity index (χ4v) is 2.28. The first kappa shape index (κ1) is 13.8. The third kappa shape index (κ3) is 2.42. The lowest BCUT2D eigenvalue weighted by Gasteiger charge is -2.09. The molecule has 0 atom stereocenters. The van der Waals surface area contributed by atoms with Crippen molar-refractivity contribution in [2.45, 2.75) is 6.42 Å². The van der Waals surface area contributed by atoms with Crippen LogP contribution in [0.15, 0.2) is 34.3 Å². The Morgan fingerprint density at radius 1 is 1.16 bits per heavy atom. The van der Waals surface area contributed by atoms with Gasteiger partial charge in [-0.15, -0.1) is 0 Å². The van der Waals surface area contributed by atoms with Crippen LogP contribution in [-0.4, -0.2) is 26.2 Å². The van der Waals surface area contributed by atoms with Crippen molar-refractivity contribution in [1.82, 2.24) is 0 Å². The van der Waals surface area contributed by atoms with Crippen molar-refractivity contribution in [3.8, 4) is 0 Å². The van der Waals surface area contributed by atoms with Crippen molar-refractivity contribution < 1.29 is 19.1 Å². The first-order chi connectivity index (χ1) is 9.04. The van der Waals surface area contributed by atoms with E-state index in [4.69, 9.17) is 9.47 Å². The first-order valence-electron chi connectivity index (χ1n) is 5.68. The molecule has 1 aromatic carbocycles. The lowest BCUT2D eigenvalue weighted by Crippen LogP contribution is -2.28. The van der Waals surface area contributed by atoms with Crippen molar-refractivity contribution in [2.75, 3.05) is 14.2 Å². The molecule has 0 N–H and O–H groups in total. The molecule has 0 saturated heterocycles. The van der Waals surface area contributed by atoms with Gasteiger partial charge in [-0.05, 0) is 23.3 Å². The summed E-state index contributed by atoms with van der Waals surface area (Å²) in [6.07, 6.45) is 2.17. The average Bonchev–Trinajstić information content (AvgIpc) is 3.15. The SMILES string of the molecule is COC(=O)C1(C(=O)OC)C/C1=C\c1ccc(Br)cc1. The summed E-state index contributed by atoms with van der Waals surface area (Å²) in [7, 11) is 2.53. The van der Waals surface area contributed by atoms with Crippen molar-refractivity contribution in [2.24, 2.45) is 5.41 Å². The highest BCUT2D eigenvalue weighted by Gasteiger charge is 2.64. The zero-order valence-corrected chi connectivity index (χ0v) is 12.2. The molecule has 4 nitrogen and oxygen atoms in total. The summed E-state index contributed by atoms with van der Waals surface area (Å²) >= 11 is 3.35. The van der Waals surface area contributed by atoms with Crippen LogP contribution < -0.4 is 0 Å². The van der Waals surface area contributed by atoms with Crippen molar-refractivity contribution >= 4 is 33.9 Å². The highest BCUT2D eigenvalue weighted by molar-refractivity contribution is 9.10. The predicted octanol–water partition coefficient (Wildman–Crippen LogP) is 2.57. The molecule has 1 fully saturated rings. The van der Waals surface area contributed by atoms with Crippen LogP contribution in [0.2, 0.25) is 0 Å². The van der Waals surface area contributed by atoms with Crippen molar-refractivity contribution in [1.29, 1.82) is 0 Å². The molecule has 0 spiro atoms. The third-order valence-electron chi connectivity index (χ3n) is 3.16. The summed E-state index contributed by atoms with van der Waals surface area (Å²) in [6.45, 7) is 0. The second kappa shape index (κ2) is 5.17. The van der Waals surface area contributed by atoms with Gasteiger partial charge in [0, 0.05) is 10.9 Å². The standard InChI is InChI=1S/C14H13BrO4/c1-18-12(16)14(13(17)19-2)8-10(14)7-9-3-5-11(15)6-4-9/h3-7H,8H2,1-2H3/b10-7+. The Bertz CT molecular complexity index is 529. The van der Waals surface area contributed by atoms with E-state index in [0.29, 0.717) is 12.0 Å². The lowest BCUT2D eigenvalue weighted by atomic mass is 10.1. The molecule has 1 saturated carbocycles.